The number of nitrogens with two attached hydrogens (primary N) is 1. The average molecular weight is 215 g/mol. The summed E-state index contributed by atoms with van der Waals surface area (Å²) in [5, 5.41) is 5.05. The fraction of sp³-hybridized carbons (Fsp3) is 0.556. The van der Waals surface area contributed by atoms with Crippen LogP contribution in [0.1, 0.15) is 20.3 Å². The molecule has 2 rings (SSSR count). The molecule has 5 heteroatoms. The Hall–Kier alpha value is -0.650. The second kappa shape index (κ2) is 2.68. The maximum atomic E-state index is 11.1. The number of sulfonamides is 1. The number of allylic oxidation sites excluding steroid dienone is 1. The second-order valence-corrected chi connectivity index (χ2v) is 5.34. The highest BCUT2D eigenvalue weighted by Gasteiger charge is 2.55. The van der Waals surface area contributed by atoms with Gasteiger partial charge < -0.3 is 4.74 Å². The molecule has 0 aromatic heterocycles. The van der Waals surface area contributed by atoms with Crippen molar-refractivity contribution in [3.8, 4) is 0 Å². The van der Waals surface area contributed by atoms with Crippen LogP contribution in [0.25, 0.3) is 0 Å². The minimum Gasteiger partial charge on any atom is -0.357 e. The summed E-state index contributed by atoms with van der Waals surface area (Å²) >= 11 is 0. The van der Waals surface area contributed by atoms with E-state index in [9.17, 15) is 8.42 Å². The van der Waals surface area contributed by atoms with Gasteiger partial charge in [0.2, 0.25) is 10.0 Å². The molecule has 1 aliphatic heterocycles. The quantitative estimate of drug-likeness (QED) is 0.688. The molecule has 1 saturated heterocycles. The summed E-state index contributed by atoms with van der Waals surface area (Å²) in [5.74, 6) is 0. The molecule has 2 atom stereocenters. The smallest absolute Gasteiger partial charge is 0.237 e. The Balaban J connectivity index is 2.43. The normalized spacial score (nSPS) is 35.8. The molecular weight excluding hydrogens is 202 g/mol. The molecule has 78 valence electrons. The summed E-state index contributed by atoms with van der Waals surface area (Å²) in [6.07, 6.45) is 3.86. The third-order valence-electron chi connectivity index (χ3n) is 2.84. The molecule has 2 N–H and O–H groups in total. The van der Waals surface area contributed by atoms with Crippen molar-refractivity contribution in [1.29, 1.82) is 0 Å². The van der Waals surface area contributed by atoms with E-state index in [4.69, 9.17) is 9.88 Å². The molecule has 14 heavy (non-hydrogen) atoms. The van der Waals surface area contributed by atoms with E-state index in [1.165, 1.54) is 0 Å². The standard InChI is InChI=1S/C9H13NO3S/c1-3-6-4-7(14(10,11)12)5-8-9(6,2)13-8/h4-5,8H,3H2,1-2H3,(H2,10,11,12). The van der Waals surface area contributed by atoms with Gasteiger partial charge in [-0.15, -0.1) is 0 Å². The van der Waals surface area contributed by atoms with Crippen LogP contribution in [0.2, 0.25) is 0 Å². The highest BCUT2D eigenvalue weighted by molar-refractivity contribution is 7.93. The van der Waals surface area contributed by atoms with Crippen molar-refractivity contribution in [2.45, 2.75) is 32.0 Å². The second-order valence-electron chi connectivity index (χ2n) is 3.78. The van der Waals surface area contributed by atoms with Crippen LogP contribution in [0.4, 0.5) is 0 Å². The molecule has 0 amide bonds. The van der Waals surface area contributed by atoms with Gasteiger partial charge in [-0.1, -0.05) is 6.92 Å². The van der Waals surface area contributed by atoms with Crippen molar-refractivity contribution in [1.82, 2.24) is 0 Å². The van der Waals surface area contributed by atoms with Crippen molar-refractivity contribution >= 4 is 10.0 Å². The Morgan fingerprint density at radius 1 is 1.64 bits per heavy atom. The first-order valence-corrected chi connectivity index (χ1v) is 6.06. The zero-order chi connectivity index (χ0) is 10.6. The van der Waals surface area contributed by atoms with E-state index in [0.717, 1.165) is 12.0 Å². The van der Waals surface area contributed by atoms with Gasteiger partial charge in [0.1, 0.15) is 11.7 Å². The van der Waals surface area contributed by atoms with Crippen LogP contribution in [-0.2, 0) is 14.8 Å². The van der Waals surface area contributed by atoms with Gasteiger partial charge in [-0.2, -0.15) is 0 Å². The largest absolute Gasteiger partial charge is 0.357 e. The monoisotopic (exact) mass is 215 g/mol. The van der Waals surface area contributed by atoms with Gasteiger partial charge in [-0.3, -0.25) is 0 Å². The lowest BCUT2D eigenvalue weighted by atomic mass is 9.91. The molecule has 0 radical (unpaired) electrons. The van der Waals surface area contributed by atoms with Crippen LogP contribution >= 0.6 is 0 Å². The van der Waals surface area contributed by atoms with E-state index in [1.54, 1.807) is 12.2 Å². The number of hydrogen-bond donors (Lipinski definition) is 1. The summed E-state index contributed by atoms with van der Waals surface area (Å²) in [4.78, 5) is 0.175. The third-order valence-corrected chi connectivity index (χ3v) is 3.75. The highest BCUT2D eigenvalue weighted by Crippen LogP contribution is 2.48. The molecule has 1 heterocycles. The van der Waals surface area contributed by atoms with Crippen molar-refractivity contribution in [3.05, 3.63) is 22.6 Å². The Morgan fingerprint density at radius 2 is 2.29 bits per heavy atom. The van der Waals surface area contributed by atoms with Crippen molar-refractivity contribution < 1.29 is 13.2 Å². The molecular formula is C9H13NO3S. The Labute approximate surface area is 83.5 Å². The van der Waals surface area contributed by atoms with Crippen LogP contribution in [0.5, 0.6) is 0 Å². The fourth-order valence-corrected chi connectivity index (χ4v) is 2.44. The van der Waals surface area contributed by atoms with Crippen LogP contribution in [0.15, 0.2) is 22.6 Å². The number of fused-ring (bicyclic) bond motifs is 1. The molecule has 2 aliphatic rings. The van der Waals surface area contributed by atoms with Gasteiger partial charge >= 0.3 is 0 Å². The van der Waals surface area contributed by atoms with Crippen molar-refractivity contribution in [3.63, 3.8) is 0 Å². The zero-order valence-corrected chi connectivity index (χ0v) is 8.97. The number of epoxide rings is 1. The molecule has 4 nitrogen and oxygen atoms in total. The van der Waals surface area contributed by atoms with Gasteiger partial charge in [0.15, 0.2) is 0 Å². The molecule has 0 bridgehead atoms. The number of hydrogen-bond acceptors (Lipinski definition) is 3. The van der Waals surface area contributed by atoms with E-state index < -0.39 is 10.0 Å². The van der Waals surface area contributed by atoms with Crippen LogP contribution in [-0.4, -0.2) is 20.1 Å². The molecule has 0 aromatic rings. The predicted molar refractivity (Wildman–Crippen MR) is 52.8 cm³/mol. The van der Waals surface area contributed by atoms with E-state index in [0.29, 0.717) is 0 Å². The summed E-state index contributed by atoms with van der Waals surface area (Å²) in [5.41, 5.74) is 0.720. The predicted octanol–water partition coefficient (Wildman–Crippen LogP) is 0.666. The van der Waals surface area contributed by atoms with Gasteiger partial charge in [0.25, 0.3) is 0 Å². The summed E-state index contributed by atoms with van der Waals surface area (Å²) < 4.78 is 27.7. The molecule has 2 unspecified atom stereocenters. The summed E-state index contributed by atoms with van der Waals surface area (Å²) in [6, 6.07) is 0. The Bertz CT molecular complexity index is 435. The van der Waals surface area contributed by atoms with Crippen molar-refractivity contribution in [2.24, 2.45) is 5.14 Å². The van der Waals surface area contributed by atoms with Gasteiger partial charge in [-0.05, 0) is 31.1 Å². The minimum atomic E-state index is -3.60. The Kier molecular flexibility index (Phi) is 1.90. The van der Waals surface area contributed by atoms with Crippen LogP contribution in [0, 0.1) is 0 Å². The highest BCUT2D eigenvalue weighted by atomic mass is 32.2. The van der Waals surface area contributed by atoms with Crippen LogP contribution in [0.3, 0.4) is 0 Å². The van der Waals surface area contributed by atoms with Crippen LogP contribution < -0.4 is 5.14 Å². The molecule has 0 spiro atoms. The lowest BCUT2D eigenvalue weighted by Gasteiger charge is -2.14. The third kappa shape index (κ3) is 1.32. The molecule has 1 aliphatic carbocycles. The lowest BCUT2D eigenvalue weighted by Crippen LogP contribution is -2.21. The maximum Gasteiger partial charge on any atom is 0.237 e. The van der Waals surface area contributed by atoms with E-state index in [2.05, 4.69) is 0 Å². The molecule has 0 saturated carbocycles. The molecule has 1 fully saturated rings. The Morgan fingerprint density at radius 3 is 2.79 bits per heavy atom. The minimum absolute atomic E-state index is 0.115. The first-order valence-electron chi connectivity index (χ1n) is 4.51. The maximum absolute atomic E-state index is 11.1. The zero-order valence-electron chi connectivity index (χ0n) is 8.15. The van der Waals surface area contributed by atoms with E-state index >= 15 is 0 Å². The van der Waals surface area contributed by atoms with Crippen molar-refractivity contribution in [2.75, 3.05) is 0 Å². The van der Waals surface area contributed by atoms with Gasteiger partial charge in [0.05, 0.1) is 4.91 Å². The first-order chi connectivity index (χ1) is 6.38. The first kappa shape index (κ1) is 9.89. The number of primary sulfonamides is 1. The lowest BCUT2D eigenvalue weighted by molar-refractivity contribution is 0.343. The summed E-state index contributed by atoms with van der Waals surface area (Å²) in [7, 11) is -3.60. The number of ether oxygens (including phenoxy) is 1. The average Bonchev–Trinajstić information content (AvgIpc) is 2.72. The van der Waals surface area contributed by atoms with E-state index in [-0.39, 0.29) is 16.6 Å². The van der Waals surface area contributed by atoms with E-state index in [1.807, 2.05) is 13.8 Å². The van der Waals surface area contributed by atoms with Gasteiger partial charge in [0, 0.05) is 0 Å². The number of rotatable bonds is 2. The summed E-state index contributed by atoms with van der Waals surface area (Å²) in [6.45, 7) is 3.94. The molecule has 0 aromatic carbocycles. The fourth-order valence-electron chi connectivity index (χ4n) is 1.82. The topological polar surface area (TPSA) is 72.7 Å². The SMILES string of the molecule is CCC1=CC(S(N)(=O)=O)=CC2OC12C. The van der Waals surface area contributed by atoms with Gasteiger partial charge in [-0.25, -0.2) is 13.6 Å².